The molecule has 1 saturated heterocycles. The Morgan fingerprint density at radius 2 is 2.17 bits per heavy atom. The zero-order valence-electron chi connectivity index (χ0n) is 13.4. The minimum Gasteiger partial charge on any atom is -0.376 e. The lowest BCUT2D eigenvalue weighted by molar-refractivity contribution is 0.0899. The van der Waals surface area contributed by atoms with Gasteiger partial charge in [0.15, 0.2) is 5.11 Å². The molecule has 3 rings (SSSR count). The van der Waals surface area contributed by atoms with Gasteiger partial charge in [0.2, 0.25) is 0 Å². The van der Waals surface area contributed by atoms with Crippen molar-refractivity contribution in [2.75, 3.05) is 13.2 Å². The SMILES string of the molecule is Fc1ccc(CNC(=S)N(Cc2cccs2)C[C@H]2CCCO2)cc1. The zero-order valence-corrected chi connectivity index (χ0v) is 15.0. The number of rotatable bonds is 6. The lowest BCUT2D eigenvalue weighted by atomic mass is 10.2. The fourth-order valence-corrected chi connectivity index (χ4v) is 3.67. The Kier molecular flexibility index (Phi) is 6.18. The van der Waals surface area contributed by atoms with E-state index < -0.39 is 0 Å². The Morgan fingerprint density at radius 1 is 1.33 bits per heavy atom. The highest BCUT2D eigenvalue weighted by atomic mass is 32.1. The van der Waals surface area contributed by atoms with Crippen molar-refractivity contribution in [1.29, 1.82) is 0 Å². The van der Waals surface area contributed by atoms with Crippen LogP contribution in [0.4, 0.5) is 4.39 Å². The summed E-state index contributed by atoms with van der Waals surface area (Å²) in [6, 6.07) is 10.7. The second-order valence-electron chi connectivity index (χ2n) is 5.88. The van der Waals surface area contributed by atoms with Crippen molar-refractivity contribution in [3.63, 3.8) is 0 Å². The van der Waals surface area contributed by atoms with Crippen LogP contribution in [-0.4, -0.2) is 29.3 Å². The van der Waals surface area contributed by atoms with Crippen LogP contribution in [0, 0.1) is 5.82 Å². The summed E-state index contributed by atoms with van der Waals surface area (Å²) < 4.78 is 18.7. The predicted molar refractivity (Wildman–Crippen MR) is 99.5 cm³/mol. The van der Waals surface area contributed by atoms with E-state index in [1.54, 1.807) is 23.5 Å². The Bertz CT molecular complexity index is 640. The zero-order chi connectivity index (χ0) is 16.8. The summed E-state index contributed by atoms with van der Waals surface area (Å²) >= 11 is 7.33. The fraction of sp³-hybridized carbons (Fsp3) is 0.389. The summed E-state index contributed by atoms with van der Waals surface area (Å²) in [5.41, 5.74) is 1.01. The summed E-state index contributed by atoms with van der Waals surface area (Å²) in [4.78, 5) is 3.44. The number of thiophene rings is 1. The van der Waals surface area contributed by atoms with Crippen LogP contribution in [0.15, 0.2) is 41.8 Å². The summed E-state index contributed by atoms with van der Waals surface area (Å²) in [5.74, 6) is -0.223. The Hall–Kier alpha value is -1.50. The molecule has 0 saturated carbocycles. The molecule has 1 aromatic carbocycles. The Labute approximate surface area is 151 Å². The smallest absolute Gasteiger partial charge is 0.169 e. The average Bonchev–Trinajstić information content (AvgIpc) is 3.27. The van der Waals surface area contributed by atoms with Crippen LogP contribution in [0.25, 0.3) is 0 Å². The van der Waals surface area contributed by atoms with E-state index in [0.29, 0.717) is 11.7 Å². The summed E-state index contributed by atoms with van der Waals surface area (Å²) in [5, 5.41) is 6.08. The molecule has 6 heteroatoms. The molecule has 3 nitrogen and oxygen atoms in total. The highest BCUT2D eigenvalue weighted by molar-refractivity contribution is 7.80. The molecular weight excluding hydrogens is 343 g/mol. The molecule has 1 N–H and O–H groups in total. The molecule has 2 aromatic rings. The van der Waals surface area contributed by atoms with Gasteiger partial charge in [0, 0.05) is 24.6 Å². The molecule has 1 aromatic heterocycles. The second-order valence-corrected chi connectivity index (χ2v) is 7.30. The lowest BCUT2D eigenvalue weighted by Crippen LogP contribution is -2.42. The van der Waals surface area contributed by atoms with Gasteiger partial charge in [0.1, 0.15) is 5.82 Å². The van der Waals surface area contributed by atoms with Gasteiger partial charge >= 0.3 is 0 Å². The molecule has 0 aliphatic carbocycles. The van der Waals surface area contributed by atoms with E-state index in [0.717, 1.165) is 38.1 Å². The highest BCUT2D eigenvalue weighted by Gasteiger charge is 2.21. The summed E-state index contributed by atoms with van der Waals surface area (Å²) in [6.07, 6.45) is 2.45. The molecule has 128 valence electrons. The maximum Gasteiger partial charge on any atom is 0.169 e. The van der Waals surface area contributed by atoms with Gasteiger partial charge < -0.3 is 15.0 Å². The number of thiocarbonyl (C=S) groups is 1. The van der Waals surface area contributed by atoms with Crippen molar-refractivity contribution in [3.05, 3.63) is 58.0 Å². The van der Waals surface area contributed by atoms with Crippen LogP contribution in [0.3, 0.4) is 0 Å². The van der Waals surface area contributed by atoms with Gasteiger partial charge in [-0.2, -0.15) is 0 Å². The van der Waals surface area contributed by atoms with Crippen LogP contribution < -0.4 is 5.32 Å². The van der Waals surface area contributed by atoms with Crippen LogP contribution in [0.5, 0.6) is 0 Å². The number of benzene rings is 1. The predicted octanol–water partition coefficient (Wildman–Crippen LogP) is 3.94. The molecule has 1 aliphatic heterocycles. The summed E-state index contributed by atoms with van der Waals surface area (Å²) in [7, 11) is 0. The van der Waals surface area contributed by atoms with Gasteiger partial charge in [-0.15, -0.1) is 11.3 Å². The third-order valence-electron chi connectivity index (χ3n) is 4.02. The maximum atomic E-state index is 13.0. The van der Waals surface area contributed by atoms with Gasteiger partial charge in [0.05, 0.1) is 12.6 Å². The van der Waals surface area contributed by atoms with E-state index >= 15 is 0 Å². The van der Waals surface area contributed by atoms with Gasteiger partial charge in [-0.3, -0.25) is 0 Å². The average molecular weight is 365 g/mol. The van der Waals surface area contributed by atoms with Crippen molar-refractivity contribution in [3.8, 4) is 0 Å². The first kappa shape index (κ1) is 17.3. The molecular formula is C18H21FN2OS2. The molecule has 2 heterocycles. The van der Waals surface area contributed by atoms with E-state index in [1.165, 1.54) is 17.0 Å². The number of ether oxygens (including phenoxy) is 1. The van der Waals surface area contributed by atoms with E-state index in [9.17, 15) is 4.39 Å². The molecule has 0 bridgehead atoms. The second kappa shape index (κ2) is 8.55. The third-order valence-corrected chi connectivity index (χ3v) is 5.28. The summed E-state index contributed by atoms with van der Waals surface area (Å²) in [6.45, 7) is 3.01. The largest absolute Gasteiger partial charge is 0.376 e. The Balaban J connectivity index is 1.59. The maximum absolute atomic E-state index is 13.0. The minimum absolute atomic E-state index is 0.223. The first-order valence-corrected chi connectivity index (χ1v) is 9.41. The van der Waals surface area contributed by atoms with Crippen LogP contribution in [-0.2, 0) is 17.8 Å². The van der Waals surface area contributed by atoms with Crippen molar-refractivity contribution >= 4 is 28.7 Å². The van der Waals surface area contributed by atoms with Crippen molar-refractivity contribution in [1.82, 2.24) is 10.2 Å². The van der Waals surface area contributed by atoms with Crippen molar-refractivity contribution in [2.24, 2.45) is 0 Å². The molecule has 1 aliphatic rings. The molecule has 24 heavy (non-hydrogen) atoms. The number of halogens is 1. The molecule has 0 unspecified atom stereocenters. The molecule has 0 radical (unpaired) electrons. The molecule has 0 amide bonds. The standard InChI is InChI=1S/C18H21FN2OS2/c19-15-7-5-14(6-8-15)11-20-18(23)21(12-16-3-1-9-22-16)13-17-4-2-10-24-17/h2,4-8,10,16H,1,3,9,11-13H2,(H,20,23)/t16-/m1/s1. The number of hydrogen-bond donors (Lipinski definition) is 1. The quantitative estimate of drug-likeness (QED) is 0.785. The van der Waals surface area contributed by atoms with Crippen LogP contribution >= 0.6 is 23.6 Å². The van der Waals surface area contributed by atoms with Crippen molar-refractivity contribution < 1.29 is 9.13 Å². The topological polar surface area (TPSA) is 24.5 Å². The lowest BCUT2D eigenvalue weighted by Gasteiger charge is -2.28. The number of hydrogen-bond acceptors (Lipinski definition) is 3. The van der Waals surface area contributed by atoms with E-state index in [2.05, 4.69) is 27.7 Å². The highest BCUT2D eigenvalue weighted by Crippen LogP contribution is 2.17. The van der Waals surface area contributed by atoms with Gasteiger partial charge in [-0.05, 0) is 54.2 Å². The fourth-order valence-electron chi connectivity index (χ4n) is 2.74. The number of nitrogens with zero attached hydrogens (tertiary/aromatic N) is 1. The normalized spacial score (nSPS) is 17.0. The van der Waals surface area contributed by atoms with Gasteiger partial charge in [-0.1, -0.05) is 18.2 Å². The monoisotopic (exact) mass is 364 g/mol. The van der Waals surface area contributed by atoms with Gasteiger partial charge in [0.25, 0.3) is 0 Å². The Morgan fingerprint density at radius 3 is 2.83 bits per heavy atom. The molecule has 1 atom stereocenters. The van der Waals surface area contributed by atoms with E-state index in [4.69, 9.17) is 17.0 Å². The minimum atomic E-state index is -0.223. The van der Waals surface area contributed by atoms with E-state index in [-0.39, 0.29) is 11.9 Å². The molecule has 1 fully saturated rings. The van der Waals surface area contributed by atoms with Gasteiger partial charge in [-0.25, -0.2) is 4.39 Å². The third kappa shape index (κ3) is 5.00. The molecule has 0 spiro atoms. The number of nitrogens with one attached hydrogen (secondary N) is 1. The van der Waals surface area contributed by atoms with Crippen LogP contribution in [0.2, 0.25) is 0 Å². The first-order chi connectivity index (χ1) is 11.7. The first-order valence-electron chi connectivity index (χ1n) is 8.12. The van der Waals surface area contributed by atoms with E-state index in [1.807, 2.05) is 0 Å². The van der Waals surface area contributed by atoms with Crippen molar-refractivity contribution in [2.45, 2.75) is 32.0 Å². The van der Waals surface area contributed by atoms with Crippen LogP contribution in [0.1, 0.15) is 23.3 Å².